The summed E-state index contributed by atoms with van der Waals surface area (Å²) in [5.74, 6) is 0.579. The van der Waals surface area contributed by atoms with Crippen LogP contribution in [0.25, 0.3) is 0 Å². The van der Waals surface area contributed by atoms with Gasteiger partial charge in [-0.1, -0.05) is 25.0 Å². The minimum Gasteiger partial charge on any atom is -0.300 e. The lowest BCUT2D eigenvalue weighted by Crippen LogP contribution is -2.47. The Bertz CT molecular complexity index is 500. The number of piperidine rings is 1. The summed E-state index contributed by atoms with van der Waals surface area (Å²) >= 11 is 0. The minimum atomic E-state index is -0.328. The van der Waals surface area contributed by atoms with Gasteiger partial charge < -0.3 is 0 Å². The molecule has 3 rings (SSSR count). The quantitative estimate of drug-likeness (QED) is 0.779. The number of carbonyl (C=O) groups is 1. The van der Waals surface area contributed by atoms with Crippen LogP contribution in [0.15, 0.2) is 24.3 Å². The first-order valence-electron chi connectivity index (χ1n) is 8.27. The first-order valence-corrected chi connectivity index (χ1v) is 8.27. The normalized spacial score (nSPS) is 26.3. The molecule has 2 fully saturated rings. The van der Waals surface area contributed by atoms with E-state index in [1.54, 1.807) is 12.1 Å². The summed E-state index contributed by atoms with van der Waals surface area (Å²) < 4.78 is 13.2. The van der Waals surface area contributed by atoms with Crippen LogP contribution in [0.3, 0.4) is 0 Å². The molecule has 3 heteroatoms. The summed E-state index contributed by atoms with van der Waals surface area (Å²) in [5, 5.41) is 0. The fraction of sp³-hybridized carbons (Fsp3) is 0.611. The second-order valence-electron chi connectivity index (χ2n) is 6.47. The Morgan fingerprint density at radius 2 is 2.00 bits per heavy atom. The van der Waals surface area contributed by atoms with Gasteiger partial charge >= 0.3 is 0 Å². The van der Waals surface area contributed by atoms with Crippen molar-refractivity contribution in [1.82, 2.24) is 4.90 Å². The summed E-state index contributed by atoms with van der Waals surface area (Å²) in [6, 6.07) is 6.74. The molecule has 1 heterocycles. The largest absolute Gasteiger partial charge is 0.300 e. The third kappa shape index (κ3) is 3.52. The Kier molecular flexibility index (Phi) is 4.69. The molecule has 2 unspecified atom stereocenters. The maximum absolute atomic E-state index is 13.2. The van der Waals surface area contributed by atoms with Gasteiger partial charge in [0.15, 0.2) is 5.78 Å². The molecule has 0 N–H and O–H groups in total. The molecular formula is C18H24FNO. The van der Waals surface area contributed by atoms with Gasteiger partial charge in [0.1, 0.15) is 5.82 Å². The van der Waals surface area contributed by atoms with E-state index in [0.29, 0.717) is 18.0 Å². The number of halogens is 1. The van der Waals surface area contributed by atoms with E-state index in [2.05, 4.69) is 4.90 Å². The van der Waals surface area contributed by atoms with Crippen molar-refractivity contribution in [3.63, 3.8) is 0 Å². The number of rotatable bonds is 4. The maximum Gasteiger partial charge on any atom is 0.164 e. The third-order valence-electron chi connectivity index (χ3n) is 5.13. The van der Waals surface area contributed by atoms with Gasteiger partial charge in [-0.05, 0) is 50.3 Å². The third-order valence-corrected chi connectivity index (χ3v) is 5.13. The molecule has 0 radical (unpaired) electrons. The summed E-state index contributed by atoms with van der Waals surface area (Å²) in [4.78, 5) is 14.7. The van der Waals surface area contributed by atoms with Crippen molar-refractivity contribution in [2.45, 2.75) is 51.0 Å². The Morgan fingerprint density at radius 3 is 2.86 bits per heavy atom. The van der Waals surface area contributed by atoms with Gasteiger partial charge in [0, 0.05) is 24.6 Å². The van der Waals surface area contributed by atoms with Gasteiger partial charge in [-0.25, -0.2) is 4.39 Å². The van der Waals surface area contributed by atoms with Crippen molar-refractivity contribution in [3.8, 4) is 0 Å². The molecule has 0 amide bonds. The molecule has 0 bridgehead atoms. The first kappa shape index (κ1) is 14.7. The van der Waals surface area contributed by atoms with E-state index in [-0.39, 0.29) is 11.6 Å². The second-order valence-corrected chi connectivity index (χ2v) is 6.47. The summed E-state index contributed by atoms with van der Waals surface area (Å²) in [6.07, 6.45) is 8.48. The molecule has 1 aliphatic heterocycles. The summed E-state index contributed by atoms with van der Waals surface area (Å²) in [7, 11) is 0. The number of nitrogens with zero attached hydrogens (tertiary/aromatic N) is 1. The monoisotopic (exact) mass is 289 g/mol. The van der Waals surface area contributed by atoms with Crippen molar-refractivity contribution < 1.29 is 9.18 Å². The molecule has 1 saturated heterocycles. The number of ketones is 1. The Hall–Kier alpha value is -1.22. The highest BCUT2D eigenvalue weighted by Crippen LogP contribution is 2.35. The van der Waals surface area contributed by atoms with Gasteiger partial charge in [-0.3, -0.25) is 9.69 Å². The number of carbonyl (C=O) groups excluding carboxylic acids is 1. The molecular weight excluding hydrogens is 265 g/mol. The lowest BCUT2D eigenvalue weighted by Gasteiger charge is -2.44. The lowest BCUT2D eigenvalue weighted by molar-refractivity contribution is 0.0575. The van der Waals surface area contributed by atoms with Crippen LogP contribution in [0, 0.1) is 11.7 Å². The van der Waals surface area contributed by atoms with Gasteiger partial charge in [0.25, 0.3) is 0 Å². The zero-order chi connectivity index (χ0) is 14.7. The highest BCUT2D eigenvalue weighted by atomic mass is 19.1. The first-order chi connectivity index (χ1) is 10.2. The van der Waals surface area contributed by atoms with Crippen molar-refractivity contribution >= 4 is 5.78 Å². The number of hydrogen-bond donors (Lipinski definition) is 0. The zero-order valence-electron chi connectivity index (χ0n) is 12.6. The van der Waals surface area contributed by atoms with E-state index >= 15 is 0 Å². The average Bonchev–Trinajstić information content (AvgIpc) is 2.52. The molecule has 1 aromatic carbocycles. The van der Waals surface area contributed by atoms with Crippen LogP contribution < -0.4 is 0 Å². The molecule has 1 saturated carbocycles. The molecule has 2 atom stereocenters. The van der Waals surface area contributed by atoms with Crippen LogP contribution in [0.5, 0.6) is 0 Å². The SMILES string of the molecule is O=C(CCN1CCCC2CCCCC21)c1cccc(F)c1. The van der Waals surface area contributed by atoms with Crippen molar-refractivity contribution in [2.24, 2.45) is 5.92 Å². The fourth-order valence-electron chi connectivity index (χ4n) is 4.06. The van der Waals surface area contributed by atoms with Gasteiger partial charge in [0.2, 0.25) is 0 Å². The van der Waals surface area contributed by atoms with Crippen LogP contribution in [-0.2, 0) is 0 Å². The van der Waals surface area contributed by atoms with Crippen molar-refractivity contribution in [3.05, 3.63) is 35.6 Å². The topological polar surface area (TPSA) is 20.3 Å². The summed E-state index contributed by atoms with van der Waals surface area (Å²) in [6.45, 7) is 1.95. The van der Waals surface area contributed by atoms with E-state index in [9.17, 15) is 9.18 Å². The number of likely N-dealkylation sites (tertiary alicyclic amines) is 1. The Morgan fingerprint density at radius 1 is 1.19 bits per heavy atom. The van der Waals surface area contributed by atoms with Gasteiger partial charge in [-0.2, -0.15) is 0 Å². The standard InChI is InChI=1S/C18H24FNO/c19-16-8-3-6-15(13-16)18(21)10-12-20-11-4-7-14-5-1-2-9-17(14)20/h3,6,8,13-14,17H,1-2,4-5,7,9-12H2. The zero-order valence-corrected chi connectivity index (χ0v) is 12.6. The molecule has 0 spiro atoms. The number of benzene rings is 1. The molecule has 1 aliphatic carbocycles. The van der Waals surface area contributed by atoms with E-state index in [0.717, 1.165) is 19.0 Å². The Balaban J connectivity index is 1.57. The van der Waals surface area contributed by atoms with Crippen LogP contribution in [0.1, 0.15) is 55.3 Å². The number of hydrogen-bond acceptors (Lipinski definition) is 2. The van der Waals surface area contributed by atoms with E-state index in [4.69, 9.17) is 0 Å². The molecule has 0 aromatic heterocycles. The van der Waals surface area contributed by atoms with Crippen molar-refractivity contribution in [1.29, 1.82) is 0 Å². The highest BCUT2D eigenvalue weighted by molar-refractivity contribution is 5.96. The molecule has 2 nitrogen and oxygen atoms in total. The van der Waals surface area contributed by atoms with E-state index in [1.165, 1.54) is 50.7 Å². The average molecular weight is 289 g/mol. The number of Topliss-reactive ketones (excluding diaryl/α,β-unsaturated/α-hetero) is 1. The van der Waals surface area contributed by atoms with Crippen LogP contribution in [0.4, 0.5) is 4.39 Å². The molecule has 21 heavy (non-hydrogen) atoms. The predicted molar refractivity (Wildman–Crippen MR) is 81.9 cm³/mol. The Labute approximate surface area is 126 Å². The van der Waals surface area contributed by atoms with Crippen LogP contribution in [-0.4, -0.2) is 29.8 Å². The maximum atomic E-state index is 13.2. The number of fused-ring (bicyclic) bond motifs is 1. The van der Waals surface area contributed by atoms with Gasteiger partial charge in [0.05, 0.1) is 0 Å². The smallest absolute Gasteiger partial charge is 0.164 e. The van der Waals surface area contributed by atoms with Gasteiger partial charge in [-0.15, -0.1) is 0 Å². The molecule has 114 valence electrons. The highest BCUT2D eigenvalue weighted by Gasteiger charge is 2.32. The minimum absolute atomic E-state index is 0.0624. The fourth-order valence-corrected chi connectivity index (χ4v) is 4.06. The lowest BCUT2D eigenvalue weighted by atomic mass is 9.78. The summed E-state index contributed by atoms with van der Waals surface area (Å²) in [5.41, 5.74) is 0.507. The molecule has 2 aliphatic rings. The van der Waals surface area contributed by atoms with Crippen LogP contribution >= 0.6 is 0 Å². The van der Waals surface area contributed by atoms with E-state index < -0.39 is 0 Å². The molecule has 1 aromatic rings. The van der Waals surface area contributed by atoms with Crippen LogP contribution in [0.2, 0.25) is 0 Å². The van der Waals surface area contributed by atoms with E-state index in [1.807, 2.05) is 0 Å². The van der Waals surface area contributed by atoms with Crippen molar-refractivity contribution in [2.75, 3.05) is 13.1 Å². The second kappa shape index (κ2) is 6.69. The predicted octanol–water partition coefficient (Wildman–Crippen LogP) is 4.05.